The van der Waals surface area contributed by atoms with Gasteiger partial charge in [0.2, 0.25) is 0 Å². The molecule has 1 aliphatic carbocycles. The van der Waals surface area contributed by atoms with Gasteiger partial charge in [-0.15, -0.1) is 0 Å². The number of amides is 2. The second-order valence-electron chi connectivity index (χ2n) is 4.20. The summed E-state index contributed by atoms with van der Waals surface area (Å²) in [6, 6.07) is 5.70. The van der Waals surface area contributed by atoms with Gasteiger partial charge in [0.1, 0.15) is 0 Å². The molecule has 1 aliphatic rings. The van der Waals surface area contributed by atoms with Gasteiger partial charge in [0.15, 0.2) is 0 Å². The third-order valence-corrected chi connectivity index (χ3v) is 3.87. The first-order chi connectivity index (χ1) is 8.15. The summed E-state index contributed by atoms with van der Waals surface area (Å²) in [5.74, 6) is 0. The molecule has 17 heavy (non-hydrogen) atoms. The molecule has 1 aromatic rings. The van der Waals surface area contributed by atoms with Crippen molar-refractivity contribution < 1.29 is 4.79 Å². The number of nitrogens with one attached hydrogen (secondary N) is 2. The number of benzene rings is 1. The topological polar surface area (TPSA) is 41.1 Å². The van der Waals surface area contributed by atoms with E-state index in [-0.39, 0.29) is 6.03 Å². The summed E-state index contributed by atoms with van der Waals surface area (Å²) in [6.45, 7) is 0. The van der Waals surface area contributed by atoms with Crippen LogP contribution in [0.2, 0.25) is 5.02 Å². The Hall–Kier alpha value is -0.490. The summed E-state index contributed by atoms with van der Waals surface area (Å²) in [5, 5.41) is 6.32. The summed E-state index contributed by atoms with van der Waals surface area (Å²) >= 11 is 8.20. The highest BCUT2D eigenvalue weighted by Crippen LogP contribution is 2.24. The number of carbonyl (C=O) groups excluding carboxylic acids is 1. The standard InChI is InChI=1S/C12H14ClIN2O/c13-10-6-5-8(14)7-11(10)16-12(17)15-9-3-1-2-4-9/h5-7,9H,1-4H2,(H2,15,16,17). The predicted molar refractivity (Wildman–Crippen MR) is 78.6 cm³/mol. The van der Waals surface area contributed by atoms with E-state index in [1.165, 1.54) is 12.8 Å². The summed E-state index contributed by atoms with van der Waals surface area (Å²) in [5.41, 5.74) is 0.661. The molecule has 0 saturated heterocycles. The maximum Gasteiger partial charge on any atom is 0.319 e. The number of carbonyl (C=O) groups is 1. The SMILES string of the molecule is O=C(Nc1cc(I)ccc1Cl)NC1CCCC1. The van der Waals surface area contributed by atoms with Crippen molar-refractivity contribution >= 4 is 45.9 Å². The zero-order valence-electron chi connectivity index (χ0n) is 9.30. The Bertz CT molecular complexity index is 419. The van der Waals surface area contributed by atoms with Crippen molar-refractivity contribution in [3.05, 3.63) is 26.8 Å². The highest BCUT2D eigenvalue weighted by atomic mass is 127. The predicted octanol–water partition coefficient (Wildman–Crippen LogP) is 4.01. The van der Waals surface area contributed by atoms with Crippen LogP contribution in [0, 0.1) is 3.57 Å². The fraction of sp³-hybridized carbons (Fsp3) is 0.417. The molecule has 1 fully saturated rings. The van der Waals surface area contributed by atoms with E-state index in [1.54, 1.807) is 6.07 Å². The van der Waals surface area contributed by atoms with Crippen LogP contribution in [0.4, 0.5) is 10.5 Å². The molecule has 0 spiro atoms. The monoisotopic (exact) mass is 364 g/mol. The van der Waals surface area contributed by atoms with E-state index >= 15 is 0 Å². The lowest BCUT2D eigenvalue weighted by atomic mass is 10.2. The molecule has 3 nitrogen and oxygen atoms in total. The van der Waals surface area contributed by atoms with Crippen LogP contribution in [0.5, 0.6) is 0 Å². The van der Waals surface area contributed by atoms with E-state index in [2.05, 4.69) is 33.2 Å². The van der Waals surface area contributed by atoms with Crippen LogP contribution >= 0.6 is 34.2 Å². The van der Waals surface area contributed by atoms with Crippen molar-refractivity contribution in [1.29, 1.82) is 0 Å². The smallest absolute Gasteiger partial charge is 0.319 e. The molecular formula is C12H14ClIN2O. The molecule has 2 N–H and O–H groups in total. The van der Waals surface area contributed by atoms with Crippen molar-refractivity contribution in [3.8, 4) is 0 Å². The molecule has 1 aromatic carbocycles. The van der Waals surface area contributed by atoms with Gasteiger partial charge in [-0.3, -0.25) is 0 Å². The second kappa shape index (κ2) is 5.91. The van der Waals surface area contributed by atoms with Gasteiger partial charge in [0, 0.05) is 9.61 Å². The van der Waals surface area contributed by atoms with Crippen molar-refractivity contribution in [2.45, 2.75) is 31.7 Å². The van der Waals surface area contributed by atoms with Crippen LogP contribution in [-0.2, 0) is 0 Å². The molecule has 0 aliphatic heterocycles. The molecule has 0 atom stereocenters. The van der Waals surface area contributed by atoms with Crippen LogP contribution < -0.4 is 10.6 Å². The summed E-state index contributed by atoms with van der Waals surface area (Å²) in [7, 11) is 0. The van der Waals surface area contributed by atoms with Crippen LogP contribution in [0.1, 0.15) is 25.7 Å². The maximum absolute atomic E-state index is 11.7. The average Bonchev–Trinajstić information content (AvgIpc) is 2.76. The lowest BCUT2D eigenvalue weighted by molar-refractivity contribution is 0.248. The van der Waals surface area contributed by atoms with Gasteiger partial charge in [-0.25, -0.2) is 4.79 Å². The molecule has 1 saturated carbocycles. The Kier molecular flexibility index (Phi) is 4.50. The summed E-state index contributed by atoms with van der Waals surface area (Å²) in [4.78, 5) is 11.7. The van der Waals surface area contributed by atoms with Gasteiger partial charge in [-0.2, -0.15) is 0 Å². The van der Waals surface area contributed by atoms with E-state index in [4.69, 9.17) is 11.6 Å². The zero-order valence-corrected chi connectivity index (χ0v) is 12.2. The molecule has 0 bridgehead atoms. The Morgan fingerprint density at radius 1 is 1.35 bits per heavy atom. The number of rotatable bonds is 2. The first kappa shape index (κ1) is 13.0. The number of urea groups is 1. The lowest BCUT2D eigenvalue weighted by Crippen LogP contribution is -2.36. The van der Waals surface area contributed by atoms with Gasteiger partial charge in [0.05, 0.1) is 10.7 Å². The minimum absolute atomic E-state index is 0.166. The molecule has 5 heteroatoms. The van der Waals surface area contributed by atoms with Crippen molar-refractivity contribution in [2.24, 2.45) is 0 Å². The summed E-state index contributed by atoms with van der Waals surface area (Å²) < 4.78 is 1.04. The maximum atomic E-state index is 11.7. The van der Waals surface area contributed by atoms with Gasteiger partial charge < -0.3 is 10.6 Å². The molecule has 0 unspecified atom stereocenters. The fourth-order valence-corrected chi connectivity index (χ4v) is 2.66. The molecule has 2 amide bonds. The van der Waals surface area contributed by atoms with Crippen LogP contribution in [-0.4, -0.2) is 12.1 Å². The normalized spacial score (nSPS) is 15.9. The number of hydrogen-bond donors (Lipinski definition) is 2. The number of hydrogen-bond acceptors (Lipinski definition) is 1. The molecule has 0 heterocycles. The van der Waals surface area contributed by atoms with Crippen LogP contribution in [0.25, 0.3) is 0 Å². The minimum atomic E-state index is -0.166. The number of anilines is 1. The van der Waals surface area contributed by atoms with Crippen LogP contribution in [0.15, 0.2) is 18.2 Å². The van der Waals surface area contributed by atoms with E-state index in [9.17, 15) is 4.79 Å². The van der Waals surface area contributed by atoms with Crippen molar-refractivity contribution in [2.75, 3.05) is 5.32 Å². The lowest BCUT2D eigenvalue weighted by Gasteiger charge is -2.13. The highest BCUT2D eigenvalue weighted by molar-refractivity contribution is 14.1. The quantitative estimate of drug-likeness (QED) is 0.765. The van der Waals surface area contributed by atoms with Gasteiger partial charge in [0.25, 0.3) is 0 Å². The average molecular weight is 365 g/mol. The minimum Gasteiger partial charge on any atom is -0.335 e. The van der Waals surface area contributed by atoms with Crippen LogP contribution in [0.3, 0.4) is 0 Å². The molecule has 0 radical (unpaired) electrons. The summed E-state index contributed by atoms with van der Waals surface area (Å²) in [6.07, 6.45) is 4.56. The molecule has 0 aromatic heterocycles. The zero-order chi connectivity index (χ0) is 12.3. The Balaban J connectivity index is 1.95. The largest absolute Gasteiger partial charge is 0.335 e. The Morgan fingerprint density at radius 3 is 2.76 bits per heavy atom. The Morgan fingerprint density at radius 2 is 2.06 bits per heavy atom. The number of halogens is 2. The van der Waals surface area contributed by atoms with E-state index < -0.39 is 0 Å². The fourth-order valence-electron chi connectivity index (χ4n) is 2.01. The second-order valence-corrected chi connectivity index (χ2v) is 5.86. The van der Waals surface area contributed by atoms with Gasteiger partial charge in [-0.05, 0) is 53.6 Å². The van der Waals surface area contributed by atoms with Gasteiger partial charge in [-0.1, -0.05) is 24.4 Å². The van der Waals surface area contributed by atoms with E-state index in [0.717, 1.165) is 16.4 Å². The van der Waals surface area contributed by atoms with Crippen molar-refractivity contribution in [3.63, 3.8) is 0 Å². The van der Waals surface area contributed by atoms with Gasteiger partial charge >= 0.3 is 6.03 Å². The van der Waals surface area contributed by atoms with E-state index in [0.29, 0.717) is 16.8 Å². The third kappa shape index (κ3) is 3.74. The Labute approximate surface area is 119 Å². The molecule has 92 valence electrons. The first-order valence-corrected chi connectivity index (χ1v) is 7.13. The van der Waals surface area contributed by atoms with Crippen molar-refractivity contribution in [1.82, 2.24) is 5.32 Å². The highest BCUT2D eigenvalue weighted by Gasteiger charge is 2.17. The molecule has 2 rings (SSSR count). The molecular weight excluding hydrogens is 351 g/mol. The third-order valence-electron chi connectivity index (χ3n) is 2.87. The first-order valence-electron chi connectivity index (χ1n) is 5.68. The van der Waals surface area contributed by atoms with E-state index in [1.807, 2.05) is 12.1 Å².